The van der Waals surface area contributed by atoms with Crippen molar-refractivity contribution in [3.63, 3.8) is 0 Å². The molecule has 3 heterocycles. The van der Waals surface area contributed by atoms with Gasteiger partial charge in [-0.15, -0.1) is 5.10 Å². The first-order chi connectivity index (χ1) is 13.9. The van der Waals surface area contributed by atoms with E-state index >= 15 is 0 Å². The molecule has 150 valence electrons. The van der Waals surface area contributed by atoms with Gasteiger partial charge in [0.05, 0.1) is 12.3 Å². The van der Waals surface area contributed by atoms with Crippen molar-refractivity contribution in [2.75, 3.05) is 13.2 Å². The number of aromatic nitrogens is 3. The molecule has 2 N–H and O–H groups in total. The first-order valence-electron chi connectivity index (χ1n) is 10.9. The maximum Gasteiger partial charge on any atom is 0.140 e. The summed E-state index contributed by atoms with van der Waals surface area (Å²) in [4.78, 5) is 0. The normalized spacial score (nSPS) is 30.6. The molecule has 0 unspecified atom stereocenters. The molecule has 0 radical (unpaired) electrons. The Morgan fingerprint density at radius 1 is 1.00 bits per heavy atom. The van der Waals surface area contributed by atoms with Crippen LogP contribution in [0.4, 0.5) is 0 Å². The van der Waals surface area contributed by atoms with E-state index in [4.69, 9.17) is 9.47 Å². The van der Waals surface area contributed by atoms with E-state index < -0.39 is 0 Å². The first kappa shape index (κ1) is 18.3. The van der Waals surface area contributed by atoms with Gasteiger partial charge < -0.3 is 14.8 Å². The van der Waals surface area contributed by atoms with Crippen molar-refractivity contribution in [1.82, 2.24) is 15.0 Å². The fourth-order valence-electron chi connectivity index (χ4n) is 5.10. The number of fused-ring (bicyclic) bond motifs is 1. The maximum atomic E-state index is 6.16. The quantitative estimate of drug-likeness (QED) is 0.827. The predicted molar refractivity (Wildman–Crippen MR) is 105 cm³/mol. The third kappa shape index (κ3) is 3.86. The highest BCUT2D eigenvalue weighted by atomic mass is 16.6. The molecular weight excluding hydrogens is 352 g/mol. The number of hydrogen-bond donors (Lipinski definition) is 1. The van der Waals surface area contributed by atoms with Crippen molar-refractivity contribution in [3.8, 4) is 0 Å². The Morgan fingerprint density at radius 3 is 2.68 bits per heavy atom. The van der Waals surface area contributed by atoms with Gasteiger partial charge in [0, 0.05) is 11.8 Å². The lowest BCUT2D eigenvalue weighted by Crippen LogP contribution is -2.91. The monoisotopic (exact) mass is 383 g/mol. The summed E-state index contributed by atoms with van der Waals surface area (Å²) < 4.78 is 14.3. The van der Waals surface area contributed by atoms with E-state index in [0.29, 0.717) is 12.6 Å². The molecule has 6 heteroatoms. The lowest BCUT2D eigenvalue weighted by molar-refractivity contribution is -0.707. The maximum absolute atomic E-state index is 6.16. The highest BCUT2D eigenvalue weighted by Gasteiger charge is 2.50. The molecule has 1 aromatic carbocycles. The van der Waals surface area contributed by atoms with Crippen LogP contribution in [-0.2, 0) is 22.4 Å². The summed E-state index contributed by atoms with van der Waals surface area (Å²) in [6.07, 6.45) is 10.2. The van der Waals surface area contributed by atoms with E-state index in [1.807, 2.05) is 4.68 Å². The summed E-state index contributed by atoms with van der Waals surface area (Å²) in [6.45, 7) is 2.36. The molecule has 3 aliphatic rings. The number of quaternary nitrogens is 1. The molecule has 3 fully saturated rings. The standard InChI is InChI=1S/C22H30N4O2/c1-3-7-16(8-4-1)11-18-13-26(25-24-18)20-15-28-21-19(14-27-22(20)21)23-12-17-9-5-2-6-10-17/h2,5-6,9-10,13,16,19-23H,1,3-4,7-8,11-12,14-15H2/p+1/t19-,20-,21+,22+/m0/s1. The molecule has 0 amide bonds. The van der Waals surface area contributed by atoms with Crippen LogP contribution >= 0.6 is 0 Å². The largest absolute Gasteiger partial charge is 0.367 e. The highest BCUT2D eigenvalue weighted by Crippen LogP contribution is 2.33. The lowest BCUT2D eigenvalue weighted by atomic mass is 9.86. The molecule has 4 atom stereocenters. The molecule has 1 aromatic heterocycles. The minimum atomic E-state index is 0.0845. The zero-order valence-corrected chi connectivity index (χ0v) is 16.5. The average Bonchev–Trinajstić information content (AvgIpc) is 3.45. The number of benzene rings is 1. The van der Waals surface area contributed by atoms with Gasteiger partial charge in [0.15, 0.2) is 0 Å². The molecule has 2 aliphatic heterocycles. The van der Waals surface area contributed by atoms with Crippen LogP contribution in [0.15, 0.2) is 36.5 Å². The van der Waals surface area contributed by atoms with Crippen LogP contribution in [0.5, 0.6) is 0 Å². The third-order valence-electron chi connectivity index (χ3n) is 6.68. The van der Waals surface area contributed by atoms with Crippen molar-refractivity contribution in [3.05, 3.63) is 47.8 Å². The molecule has 0 spiro atoms. The molecule has 28 heavy (non-hydrogen) atoms. The molecule has 2 aromatic rings. The smallest absolute Gasteiger partial charge is 0.140 e. The highest BCUT2D eigenvalue weighted by molar-refractivity contribution is 5.13. The number of rotatable bonds is 6. The number of nitrogens with two attached hydrogens (primary N) is 1. The topological polar surface area (TPSA) is 65.8 Å². The van der Waals surface area contributed by atoms with Gasteiger partial charge in [-0.25, -0.2) is 4.68 Å². The molecule has 5 rings (SSSR count). The van der Waals surface area contributed by atoms with Gasteiger partial charge in [-0.05, 0) is 12.3 Å². The number of nitrogens with zero attached hydrogens (tertiary/aromatic N) is 3. The fourth-order valence-corrected chi connectivity index (χ4v) is 5.10. The Labute approximate surface area is 166 Å². The summed E-state index contributed by atoms with van der Waals surface area (Å²) in [5.74, 6) is 0.783. The van der Waals surface area contributed by atoms with Crippen LogP contribution in [0.25, 0.3) is 0 Å². The second-order valence-electron chi connectivity index (χ2n) is 8.65. The summed E-state index contributed by atoms with van der Waals surface area (Å²) >= 11 is 0. The van der Waals surface area contributed by atoms with Gasteiger partial charge in [0.2, 0.25) is 0 Å². The SMILES string of the molecule is c1ccc(C[NH2+][C@H]2CO[C@H]3[C@@H]2OC[C@@H]3n2cc(CC3CCCCC3)nn2)cc1. The van der Waals surface area contributed by atoms with Crippen LogP contribution in [0, 0.1) is 5.92 Å². The summed E-state index contributed by atoms with van der Waals surface area (Å²) in [7, 11) is 0. The van der Waals surface area contributed by atoms with Gasteiger partial charge in [-0.2, -0.15) is 0 Å². The molecule has 6 nitrogen and oxygen atoms in total. The summed E-state index contributed by atoms with van der Waals surface area (Å²) in [5, 5.41) is 11.3. The van der Waals surface area contributed by atoms with Crippen LogP contribution in [0.3, 0.4) is 0 Å². The minimum Gasteiger partial charge on any atom is -0.367 e. The second-order valence-corrected chi connectivity index (χ2v) is 8.65. The van der Waals surface area contributed by atoms with Crippen LogP contribution in [0.2, 0.25) is 0 Å². The van der Waals surface area contributed by atoms with E-state index in [1.165, 1.54) is 37.7 Å². The Hall–Kier alpha value is -1.76. The zero-order valence-electron chi connectivity index (χ0n) is 16.5. The zero-order chi connectivity index (χ0) is 18.8. The molecule has 1 aliphatic carbocycles. The van der Waals surface area contributed by atoms with E-state index in [2.05, 4.69) is 52.2 Å². The summed E-state index contributed by atoms with van der Waals surface area (Å²) in [6, 6.07) is 11.1. The van der Waals surface area contributed by atoms with E-state index in [9.17, 15) is 0 Å². The number of ether oxygens (including phenoxy) is 2. The summed E-state index contributed by atoms with van der Waals surface area (Å²) in [5.41, 5.74) is 2.46. The minimum absolute atomic E-state index is 0.0845. The molecule has 0 bridgehead atoms. The van der Waals surface area contributed by atoms with E-state index in [1.54, 1.807) is 0 Å². The van der Waals surface area contributed by atoms with Crippen LogP contribution < -0.4 is 5.32 Å². The Morgan fingerprint density at radius 2 is 1.82 bits per heavy atom. The van der Waals surface area contributed by atoms with Crippen molar-refractivity contribution in [1.29, 1.82) is 0 Å². The molecule has 1 saturated carbocycles. The predicted octanol–water partition coefficient (Wildman–Crippen LogP) is 1.87. The van der Waals surface area contributed by atoms with Crippen molar-refractivity contribution in [2.45, 2.75) is 69.4 Å². The van der Waals surface area contributed by atoms with Crippen molar-refractivity contribution < 1.29 is 14.8 Å². The van der Waals surface area contributed by atoms with Gasteiger partial charge in [0.25, 0.3) is 0 Å². The molecule has 2 saturated heterocycles. The van der Waals surface area contributed by atoms with Crippen molar-refractivity contribution >= 4 is 0 Å². The van der Waals surface area contributed by atoms with Gasteiger partial charge in [-0.1, -0.05) is 67.6 Å². The van der Waals surface area contributed by atoms with E-state index in [0.717, 1.165) is 31.2 Å². The lowest BCUT2D eigenvalue weighted by Gasteiger charge is -2.20. The number of hydrogen-bond acceptors (Lipinski definition) is 4. The molecular formula is C22H31N4O2+. The first-order valence-corrected chi connectivity index (χ1v) is 10.9. The Kier molecular flexibility index (Phi) is 5.43. The second kappa shape index (κ2) is 8.31. The van der Waals surface area contributed by atoms with Crippen LogP contribution in [0.1, 0.15) is 49.4 Å². The Balaban J connectivity index is 1.18. The van der Waals surface area contributed by atoms with Gasteiger partial charge in [0.1, 0.15) is 37.4 Å². The van der Waals surface area contributed by atoms with Gasteiger partial charge in [-0.3, -0.25) is 0 Å². The van der Waals surface area contributed by atoms with Gasteiger partial charge >= 0.3 is 0 Å². The van der Waals surface area contributed by atoms with E-state index in [-0.39, 0.29) is 18.2 Å². The van der Waals surface area contributed by atoms with Crippen LogP contribution in [-0.4, -0.2) is 46.5 Å². The fraction of sp³-hybridized carbons (Fsp3) is 0.636. The average molecular weight is 384 g/mol. The third-order valence-corrected chi connectivity index (χ3v) is 6.68. The van der Waals surface area contributed by atoms with Crippen molar-refractivity contribution in [2.24, 2.45) is 5.92 Å². The Bertz CT molecular complexity index is 759.